The van der Waals surface area contributed by atoms with E-state index in [4.69, 9.17) is 10.2 Å². The Morgan fingerprint density at radius 3 is 2.09 bits per heavy atom. The molecule has 6 heteroatoms. The van der Waals surface area contributed by atoms with Crippen molar-refractivity contribution in [3.63, 3.8) is 0 Å². The molecular formula is C5H8O5S. The van der Waals surface area contributed by atoms with Crippen molar-refractivity contribution < 1.29 is 23.4 Å². The summed E-state index contributed by atoms with van der Waals surface area (Å²) in [5.41, 5.74) is 0. The molecule has 0 bridgehead atoms. The Morgan fingerprint density at radius 1 is 1.36 bits per heavy atom. The first-order chi connectivity index (χ1) is 4.92. The number of carboxylic acids is 1. The highest BCUT2D eigenvalue weighted by Gasteiger charge is 2.40. The Hall–Kier alpha value is -0.620. The maximum Gasteiger partial charge on any atom is 0.310 e. The average Bonchev–Trinajstić information content (AvgIpc) is 2.05. The van der Waals surface area contributed by atoms with E-state index in [9.17, 15) is 13.2 Å². The van der Waals surface area contributed by atoms with Gasteiger partial charge in [0.2, 0.25) is 0 Å². The molecule has 1 aliphatic rings. The van der Waals surface area contributed by atoms with E-state index in [0.29, 0.717) is 0 Å². The number of aliphatic hydroxyl groups excluding tert-OH is 1. The van der Waals surface area contributed by atoms with Crippen LogP contribution in [0.2, 0.25) is 0 Å². The maximum atomic E-state index is 10.7. The molecule has 2 unspecified atom stereocenters. The van der Waals surface area contributed by atoms with Gasteiger partial charge in [0.1, 0.15) is 0 Å². The third-order valence-electron chi connectivity index (χ3n) is 1.64. The van der Waals surface area contributed by atoms with Gasteiger partial charge in [-0.25, -0.2) is 8.42 Å². The summed E-state index contributed by atoms with van der Waals surface area (Å²) in [6.45, 7) is 0. The van der Waals surface area contributed by atoms with Crippen molar-refractivity contribution in [3.05, 3.63) is 0 Å². The normalized spacial score (nSPS) is 35.4. The largest absolute Gasteiger partial charge is 0.481 e. The molecule has 1 fully saturated rings. The minimum atomic E-state index is -3.32. The number of aliphatic carboxylic acids is 1. The van der Waals surface area contributed by atoms with Crippen LogP contribution in [0.4, 0.5) is 0 Å². The lowest BCUT2D eigenvalue weighted by molar-refractivity contribution is -0.143. The average molecular weight is 180 g/mol. The molecular weight excluding hydrogens is 172 g/mol. The van der Waals surface area contributed by atoms with Crippen LogP contribution in [0.5, 0.6) is 0 Å². The van der Waals surface area contributed by atoms with Crippen molar-refractivity contribution in [2.24, 2.45) is 5.92 Å². The molecule has 0 aromatic heterocycles. The molecule has 2 N–H and O–H groups in total. The second-order valence-electron chi connectivity index (χ2n) is 2.59. The first-order valence-electron chi connectivity index (χ1n) is 3.04. The molecule has 1 rings (SSSR count). The van der Waals surface area contributed by atoms with Crippen LogP contribution >= 0.6 is 0 Å². The van der Waals surface area contributed by atoms with Gasteiger partial charge in [-0.3, -0.25) is 4.79 Å². The highest BCUT2D eigenvalue weighted by molar-refractivity contribution is 7.91. The van der Waals surface area contributed by atoms with Gasteiger partial charge in [0.25, 0.3) is 0 Å². The summed E-state index contributed by atoms with van der Waals surface area (Å²) in [6, 6.07) is 0. The Balaban J connectivity index is 2.83. The van der Waals surface area contributed by atoms with E-state index in [1.807, 2.05) is 0 Å². The molecule has 0 aliphatic carbocycles. The number of hydrogen-bond donors (Lipinski definition) is 2. The van der Waals surface area contributed by atoms with Crippen molar-refractivity contribution in [1.82, 2.24) is 0 Å². The summed E-state index contributed by atoms with van der Waals surface area (Å²) < 4.78 is 21.5. The van der Waals surface area contributed by atoms with Gasteiger partial charge in [-0.2, -0.15) is 0 Å². The Labute approximate surface area is 63.6 Å². The zero-order valence-electron chi connectivity index (χ0n) is 5.60. The molecule has 0 radical (unpaired) electrons. The van der Waals surface area contributed by atoms with E-state index >= 15 is 0 Å². The standard InChI is InChI=1S/C5H8O5S/c6-4-2-11(9,10)1-3(4)5(7)8/h3-4,6H,1-2H2,(H,7,8). The SMILES string of the molecule is O=C(O)C1CS(=O)(=O)CC1O. The fraction of sp³-hybridized carbons (Fsp3) is 0.800. The molecule has 0 amide bonds. The molecule has 64 valence electrons. The number of sulfone groups is 1. The van der Waals surface area contributed by atoms with Crippen molar-refractivity contribution in [2.75, 3.05) is 11.5 Å². The van der Waals surface area contributed by atoms with Crippen LogP contribution in [-0.2, 0) is 14.6 Å². The van der Waals surface area contributed by atoms with Crippen LogP contribution in [0.3, 0.4) is 0 Å². The third kappa shape index (κ3) is 1.69. The van der Waals surface area contributed by atoms with Crippen molar-refractivity contribution in [3.8, 4) is 0 Å². The molecule has 0 aromatic carbocycles. The predicted octanol–water partition coefficient (Wildman–Crippen LogP) is -1.52. The summed E-state index contributed by atoms with van der Waals surface area (Å²) in [6.07, 6.45) is -1.24. The molecule has 5 nitrogen and oxygen atoms in total. The van der Waals surface area contributed by atoms with E-state index in [0.717, 1.165) is 0 Å². The van der Waals surface area contributed by atoms with Crippen LogP contribution in [0.1, 0.15) is 0 Å². The minimum absolute atomic E-state index is 0.427. The van der Waals surface area contributed by atoms with Crippen LogP contribution in [0.25, 0.3) is 0 Å². The Morgan fingerprint density at radius 2 is 1.91 bits per heavy atom. The summed E-state index contributed by atoms with van der Waals surface area (Å²) in [5, 5.41) is 17.3. The molecule has 1 saturated heterocycles. The topological polar surface area (TPSA) is 91.7 Å². The van der Waals surface area contributed by atoms with Crippen molar-refractivity contribution in [1.29, 1.82) is 0 Å². The van der Waals surface area contributed by atoms with Gasteiger partial charge in [0.15, 0.2) is 9.84 Å². The summed E-state index contributed by atoms with van der Waals surface area (Å²) in [7, 11) is -3.32. The number of aliphatic hydroxyl groups is 1. The number of hydrogen-bond acceptors (Lipinski definition) is 4. The second kappa shape index (κ2) is 2.46. The second-order valence-corrected chi connectivity index (χ2v) is 4.74. The van der Waals surface area contributed by atoms with E-state index in [-0.39, 0.29) is 0 Å². The smallest absolute Gasteiger partial charge is 0.310 e. The number of rotatable bonds is 1. The van der Waals surface area contributed by atoms with Crippen LogP contribution in [0, 0.1) is 5.92 Å². The quantitative estimate of drug-likeness (QED) is 0.511. The fourth-order valence-corrected chi connectivity index (χ4v) is 2.87. The maximum absolute atomic E-state index is 10.7. The lowest BCUT2D eigenvalue weighted by Gasteiger charge is -2.04. The summed E-state index contributed by atoms with van der Waals surface area (Å²) >= 11 is 0. The van der Waals surface area contributed by atoms with E-state index < -0.39 is 39.3 Å². The zero-order chi connectivity index (χ0) is 8.65. The van der Waals surface area contributed by atoms with Crippen molar-refractivity contribution >= 4 is 15.8 Å². The summed E-state index contributed by atoms with van der Waals surface area (Å²) in [4.78, 5) is 10.3. The first kappa shape index (κ1) is 8.48. The first-order valence-corrected chi connectivity index (χ1v) is 4.86. The molecule has 0 spiro atoms. The zero-order valence-corrected chi connectivity index (χ0v) is 6.41. The van der Waals surface area contributed by atoms with Gasteiger partial charge in [-0.15, -0.1) is 0 Å². The van der Waals surface area contributed by atoms with Gasteiger partial charge in [0.05, 0.1) is 23.5 Å². The molecule has 2 atom stereocenters. The lowest BCUT2D eigenvalue weighted by Crippen LogP contribution is -2.25. The van der Waals surface area contributed by atoms with Crippen LogP contribution in [0.15, 0.2) is 0 Å². The van der Waals surface area contributed by atoms with Crippen molar-refractivity contribution in [2.45, 2.75) is 6.10 Å². The lowest BCUT2D eigenvalue weighted by atomic mass is 10.1. The van der Waals surface area contributed by atoms with E-state index in [2.05, 4.69) is 0 Å². The molecule has 11 heavy (non-hydrogen) atoms. The van der Waals surface area contributed by atoms with Gasteiger partial charge in [-0.1, -0.05) is 0 Å². The Bertz CT molecular complexity index is 267. The van der Waals surface area contributed by atoms with Gasteiger partial charge >= 0.3 is 5.97 Å². The number of carbonyl (C=O) groups is 1. The Kier molecular flexibility index (Phi) is 1.89. The monoisotopic (exact) mass is 180 g/mol. The highest BCUT2D eigenvalue weighted by Crippen LogP contribution is 2.18. The molecule has 1 heterocycles. The van der Waals surface area contributed by atoms with E-state index in [1.165, 1.54) is 0 Å². The predicted molar refractivity (Wildman–Crippen MR) is 35.8 cm³/mol. The molecule has 0 aromatic rings. The van der Waals surface area contributed by atoms with Gasteiger partial charge < -0.3 is 10.2 Å². The van der Waals surface area contributed by atoms with E-state index in [1.54, 1.807) is 0 Å². The van der Waals surface area contributed by atoms with Crippen LogP contribution < -0.4 is 0 Å². The summed E-state index contributed by atoms with van der Waals surface area (Å²) in [5.74, 6) is -3.26. The third-order valence-corrected chi connectivity index (χ3v) is 3.36. The van der Waals surface area contributed by atoms with Crippen LogP contribution in [-0.4, -0.2) is 42.2 Å². The minimum Gasteiger partial charge on any atom is -0.481 e. The number of carboxylic acid groups (broad SMARTS) is 1. The fourth-order valence-electron chi connectivity index (χ4n) is 1.06. The van der Waals surface area contributed by atoms with Gasteiger partial charge in [0, 0.05) is 0 Å². The van der Waals surface area contributed by atoms with Gasteiger partial charge in [-0.05, 0) is 0 Å². The molecule has 0 saturated carbocycles. The molecule has 1 aliphatic heterocycles. The highest BCUT2D eigenvalue weighted by atomic mass is 32.2.